The molecule has 78 valence electrons. The van der Waals surface area contributed by atoms with Gasteiger partial charge < -0.3 is 5.11 Å². The predicted octanol–water partition coefficient (Wildman–Crippen LogP) is 2.22. The minimum Gasteiger partial charge on any atom is -0.393 e. The fourth-order valence-electron chi connectivity index (χ4n) is 2.55. The molecule has 1 saturated carbocycles. The van der Waals surface area contributed by atoms with Crippen molar-refractivity contribution < 1.29 is 9.90 Å². The Bertz CT molecular complexity index is 247. The Labute approximate surface area is 85.0 Å². The SMILES string of the molecule is O=C1CC=C(C2CCC(O)CC2)CC1. The lowest BCUT2D eigenvalue weighted by molar-refractivity contribution is -0.118. The van der Waals surface area contributed by atoms with Gasteiger partial charge in [0, 0.05) is 12.8 Å². The number of rotatable bonds is 1. The summed E-state index contributed by atoms with van der Waals surface area (Å²) in [6.45, 7) is 0. The highest BCUT2D eigenvalue weighted by atomic mass is 16.3. The number of Topliss-reactive ketones (excluding diaryl/α,β-unsaturated/α-hetero) is 1. The molecule has 0 radical (unpaired) electrons. The molecule has 0 amide bonds. The molecule has 0 aliphatic heterocycles. The van der Waals surface area contributed by atoms with Crippen LogP contribution in [0.3, 0.4) is 0 Å². The average Bonchev–Trinajstić information content (AvgIpc) is 2.21. The van der Waals surface area contributed by atoms with E-state index >= 15 is 0 Å². The number of allylic oxidation sites excluding steroid dienone is 2. The van der Waals surface area contributed by atoms with Gasteiger partial charge in [0.1, 0.15) is 5.78 Å². The number of ketones is 1. The lowest BCUT2D eigenvalue weighted by Gasteiger charge is -2.28. The van der Waals surface area contributed by atoms with E-state index in [1.165, 1.54) is 5.57 Å². The molecule has 0 spiro atoms. The van der Waals surface area contributed by atoms with E-state index < -0.39 is 0 Å². The monoisotopic (exact) mass is 194 g/mol. The van der Waals surface area contributed by atoms with Crippen LogP contribution in [0.1, 0.15) is 44.9 Å². The van der Waals surface area contributed by atoms with E-state index in [0.717, 1.165) is 38.5 Å². The lowest BCUT2D eigenvalue weighted by atomic mass is 9.78. The van der Waals surface area contributed by atoms with Crippen LogP contribution < -0.4 is 0 Å². The summed E-state index contributed by atoms with van der Waals surface area (Å²) in [6.07, 6.45) is 8.53. The maximum absolute atomic E-state index is 11.1. The van der Waals surface area contributed by atoms with Gasteiger partial charge in [0.2, 0.25) is 0 Å². The second-order valence-corrected chi connectivity index (χ2v) is 4.53. The fourth-order valence-corrected chi connectivity index (χ4v) is 2.55. The highest BCUT2D eigenvalue weighted by molar-refractivity contribution is 5.81. The summed E-state index contributed by atoms with van der Waals surface area (Å²) >= 11 is 0. The smallest absolute Gasteiger partial charge is 0.136 e. The maximum atomic E-state index is 11.1. The molecule has 2 aliphatic rings. The van der Waals surface area contributed by atoms with Crippen molar-refractivity contribution in [2.45, 2.75) is 51.0 Å². The van der Waals surface area contributed by atoms with Crippen LogP contribution in [-0.4, -0.2) is 17.0 Å². The first-order valence-corrected chi connectivity index (χ1v) is 5.64. The third-order valence-electron chi connectivity index (χ3n) is 3.51. The minimum atomic E-state index is -0.0722. The molecule has 0 saturated heterocycles. The number of aliphatic hydroxyl groups is 1. The van der Waals surface area contributed by atoms with Crippen molar-refractivity contribution in [2.24, 2.45) is 5.92 Å². The number of carbonyl (C=O) groups is 1. The molecule has 2 nitrogen and oxygen atoms in total. The Balaban J connectivity index is 1.92. The molecule has 14 heavy (non-hydrogen) atoms. The van der Waals surface area contributed by atoms with Crippen LogP contribution in [0.4, 0.5) is 0 Å². The van der Waals surface area contributed by atoms with Gasteiger partial charge in [0.25, 0.3) is 0 Å². The van der Waals surface area contributed by atoms with E-state index in [1.54, 1.807) is 0 Å². The van der Waals surface area contributed by atoms with E-state index in [9.17, 15) is 9.90 Å². The Morgan fingerprint density at radius 2 is 1.86 bits per heavy atom. The zero-order chi connectivity index (χ0) is 9.97. The first-order valence-electron chi connectivity index (χ1n) is 5.64. The van der Waals surface area contributed by atoms with Crippen LogP contribution in [0, 0.1) is 5.92 Å². The molecule has 0 aromatic carbocycles. The largest absolute Gasteiger partial charge is 0.393 e. The van der Waals surface area contributed by atoms with Crippen LogP contribution in [0.15, 0.2) is 11.6 Å². The van der Waals surface area contributed by atoms with E-state index in [0.29, 0.717) is 18.1 Å². The van der Waals surface area contributed by atoms with Gasteiger partial charge in [-0.05, 0) is 38.0 Å². The fraction of sp³-hybridized carbons (Fsp3) is 0.750. The van der Waals surface area contributed by atoms with Crippen molar-refractivity contribution in [3.05, 3.63) is 11.6 Å². The van der Waals surface area contributed by atoms with Gasteiger partial charge in [0.15, 0.2) is 0 Å². The van der Waals surface area contributed by atoms with Crippen molar-refractivity contribution in [3.8, 4) is 0 Å². The van der Waals surface area contributed by atoms with Crippen LogP contribution in [0.5, 0.6) is 0 Å². The van der Waals surface area contributed by atoms with Gasteiger partial charge in [-0.3, -0.25) is 4.79 Å². The summed E-state index contributed by atoms with van der Waals surface area (Å²) in [7, 11) is 0. The molecule has 1 N–H and O–H groups in total. The van der Waals surface area contributed by atoms with Gasteiger partial charge >= 0.3 is 0 Å². The molecule has 0 aromatic heterocycles. The Hall–Kier alpha value is -0.630. The Morgan fingerprint density at radius 1 is 1.14 bits per heavy atom. The topological polar surface area (TPSA) is 37.3 Å². The summed E-state index contributed by atoms with van der Waals surface area (Å²) in [6, 6.07) is 0. The lowest BCUT2D eigenvalue weighted by Crippen LogP contribution is -2.21. The van der Waals surface area contributed by atoms with Gasteiger partial charge in [-0.15, -0.1) is 0 Å². The van der Waals surface area contributed by atoms with Gasteiger partial charge in [-0.2, -0.15) is 0 Å². The molecule has 0 bridgehead atoms. The molecule has 0 unspecified atom stereocenters. The summed E-state index contributed by atoms with van der Waals surface area (Å²) in [4.78, 5) is 11.1. The van der Waals surface area contributed by atoms with Gasteiger partial charge in [-0.1, -0.05) is 11.6 Å². The quantitative estimate of drug-likeness (QED) is 0.650. The van der Waals surface area contributed by atoms with Crippen molar-refractivity contribution >= 4 is 5.78 Å². The second-order valence-electron chi connectivity index (χ2n) is 4.53. The van der Waals surface area contributed by atoms with Crippen molar-refractivity contribution in [1.29, 1.82) is 0 Å². The van der Waals surface area contributed by atoms with Crippen molar-refractivity contribution in [2.75, 3.05) is 0 Å². The summed E-state index contributed by atoms with van der Waals surface area (Å²) in [5.41, 5.74) is 1.48. The van der Waals surface area contributed by atoms with Gasteiger partial charge in [-0.25, -0.2) is 0 Å². The standard InChI is InChI=1S/C12H18O2/c13-11-5-1-9(2-6-11)10-3-7-12(14)8-4-10/h1,10,12,14H,2-8H2. The van der Waals surface area contributed by atoms with E-state index in [4.69, 9.17) is 0 Å². The van der Waals surface area contributed by atoms with E-state index in [1.807, 2.05) is 0 Å². The molecular weight excluding hydrogens is 176 g/mol. The van der Waals surface area contributed by atoms with Crippen LogP contribution >= 0.6 is 0 Å². The predicted molar refractivity (Wildman–Crippen MR) is 54.9 cm³/mol. The van der Waals surface area contributed by atoms with Crippen LogP contribution in [0.2, 0.25) is 0 Å². The summed E-state index contributed by atoms with van der Waals surface area (Å²) in [5.74, 6) is 1.04. The molecule has 2 heteroatoms. The molecule has 0 aromatic rings. The Morgan fingerprint density at radius 3 is 2.43 bits per heavy atom. The number of aliphatic hydroxyl groups excluding tert-OH is 1. The molecular formula is C12H18O2. The average molecular weight is 194 g/mol. The summed E-state index contributed by atoms with van der Waals surface area (Å²) < 4.78 is 0. The highest BCUT2D eigenvalue weighted by Crippen LogP contribution is 2.34. The maximum Gasteiger partial charge on any atom is 0.136 e. The molecule has 0 atom stereocenters. The molecule has 2 aliphatic carbocycles. The van der Waals surface area contributed by atoms with E-state index in [2.05, 4.69) is 6.08 Å². The van der Waals surface area contributed by atoms with Gasteiger partial charge in [0.05, 0.1) is 6.10 Å². The first-order chi connectivity index (χ1) is 6.75. The number of carbonyl (C=O) groups excluding carboxylic acids is 1. The third kappa shape index (κ3) is 2.24. The Kier molecular flexibility index (Phi) is 3.02. The number of hydrogen-bond donors (Lipinski definition) is 1. The second kappa shape index (κ2) is 4.26. The highest BCUT2D eigenvalue weighted by Gasteiger charge is 2.24. The zero-order valence-electron chi connectivity index (χ0n) is 8.54. The molecule has 0 heterocycles. The van der Waals surface area contributed by atoms with Crippen molar-refractivity contribution in [1.82, 2.24) is 0 Å². The summed E-state index contributed by atoms with van der Waals surface area (Å²) in [5, 5.41) is 9.39. The molecule has 2 rings (SSSR count). The normalized spacial score (nSPS) is 34.1. The number of hydrogen-bond acceptors (Lipinski definition) is 2. The third-order valence-corrected chi connectivity index (χ3v) is 3.51. The molecule has 1 fully saturated rings. The first kappa shape index (κ1) is 9.91. The van der Waals surface area contributed by atoms with Crippen LogP contribution in [0.25, 0.3) is 0 Å². The van der Waals surface area contributed by atoms with Crippen LogP contribution in [-0.2, 0) is 4.79 Å². The minimum absolute atomic E-state index is 0.0722. The van der Waals surface area contributed by atoms with Crippen molar-refractivity contribution in [3.63, 3.8) is 0 Å². The zero-order valence-corrected chi connectivity index (χ0v) is 8.54. The van der Waals surface area contributed by atoms with E-state index in [-0.39, 0.29) is 6.10 Å².